The van der Waals surface area contributed by atoms with Gasteiger partial charge >= 0.3 is 0 Å². The molecule has 0 unspecified atom stereocenters. The quantitative estimate of drug-likeness (QED) is 0.891. The maximum absolute atomic E-state index is 12.7. The molecule has 0 aliphatic carbocycles. The van der Waals surface area contributed by atoms with Gasteiger partial charge in [0.1, 0.15) is 17.4 Å². The number of carbonyl (C=O) groups is 1. The van der Waals surface area contributed by atoms with Gasteiger partial charge in [0.15, 0.2) is 17.2 Å². The maximum atomic E-state index is 12.7. The molecule has 2 aliphatic heterocycles. The largest absolute Gasteiger partial charge is 0.495 e. The third-order valence-electron chi connectivity index (χ3n) is 5.19. The monoisotopic (exact) mass is 352 g/mol. The van der Waals surface area contributed by atoms with Crippen LogP contribution in [0.4, 0.5) is 0 Å². The fraction of sp³-hybridized carbons (Fsp3) is 0.421. The SMILES string of the molecule is COc1cc(-n2nc3c(c2C)OC2(CCNCC2)CC3=O)ccc1C#N. The van der Waals surface area contributed by atoms with E-state index in [4.69, 9.17) is 14.7 Å². The Labute approximate surface area is 151 Å². The molecule has 1 aromatic carbocycles. The second-order valence-corrected chi connectivity index (χ2v) is 6.81. The number of benzene rings is 1. The molecule has 7 nitrogen and oxygen atoms in total. The summed E-state index contributed by atoms with van der Waals surface area (Å²) in [5.74, 6) is 1.07. The molecule has 134 valence electrons. The molecule has 0 atom stereocenters. The van der Waals surface area contributed by atoms with Crippen molar-refractivity contribution in [2.45, 2.75) is 31.8 Å². The van der Waals surface area contributed by atoms with E-state index in [9.17, 15) is 4.79 Å². The first kappa shape index (κ1) is 16.6. The third kappa shape index (κ3) is 2.54. The van der Waals surface area contributed by atoms with Gasteiger partial charge in [0, 0.05) is 18.9 Å². The van der Waals surface area contributed by atoms with E-state index in [1.54, 1.807) is 22.9 Å². The first-order valence-corrected chi connectivity index (χ1v) is 8.68. The van der Waals surface area contributed by atoms with Gasteiger partial charge in [-0.2, -0.15) is 10.4 Å². The number of methoxy groups -OCH3 is 1. The van der Waals surface area contributed by atoms with Crippen molar-refractivity contribution in [1.29, 1.82) is 5.26 Å². The van der Waals surface area contributed by atoms with Crippen LogP contribution in [0.15, 0.2) is 18.2 Å². The number of carbonyl (C=O) groups excluding carboxylic acids is 1. The average molecular weight is 352 g/mol. The van der Waals surface area contributed by atoms with Gasteiger partial charge in [0.25, 0.3) is 0 Å². The molecule has 1 N–H and O–H groups in total. The minimum Gasteiger partial charge on any atom is -0.495 e. The Bertz CT molecular complexity index is 920. The van der Waals surface area contributed by atoms with Gasteiger partial charge in [0.2, 0.25) is 0 Å². The standard InChI is InChI=1S/C19H20N4O3/c1-12-18-17(15(24)10-19(26-18)5-7-21-8-6-19)22-23(12)14-4-3-13(11-20)16(9-14)25-2/h3-4,9,21H,5-8,10H2,1-2H3. The van der Waals surface area contributed by atoms with Gasteiger partial charge in [-0.05, 0) is 32.1 Å². The molecule has 4 rings (SSSR count). The van der Waals surface area contributed by atoms with Gasteiger partial charge < -0.3 is 14.8 Å². The van der Waals surface area contributed by atoms with E-state index in [2.05, 4.69) is 16.5 Å². The number of Topliss-reactive ketones (excluding diaryl/α,β-unsaturated/α-hetero) is 1. The van der Waals surface area contributed by atoms with Gasteiger partial charge in [-0.1, -0.05) is 0 Å². The summed E-state index contributed by atoms with van der Waals surface area (Å²) in [4.78, 5) is 12.7. The lowest BCUT2D eigenvalue weighted by Gasteiger charge is -2.39. The predicted molar refractivity (Wildman–Crippen MR) is 94.0 cm³/mol. The molecule has 0 radical (unpaired) electrons. The molecule has 2 aromatic rings. The Morgan fingerprint density at radius 2 is 2.15 bits per heavy atom. The second-order valence-electron chi connectivity index (χ2n) is 6.81. The van der Waals surface area contributed by atoms with Crippen molar-refractivity contribution in [1.82, 2.24) is 15.1 Å². The van der Waals surface area contributed by atoms with E-state index in [0.29, 0.717) is 29.2 Å². The van der Waals surface area contributed by atoms with Crippen molar-refractivity contribution in [3.63, 3.8) is 0 Å². The second kappa shape index (κ2) is 6.15. The fourth-order valence-electron chi connectivity index (χ4n) is 3.74. The van der Waals surface area contributed by atoms with Crippen LogP contribution in [0, 0.1) is 18.3 Å². The zero-order valence-electron chi connectivity index (χ0n) is 14.8. The normalized spacial score (nSPS) is 18.1. The molecule has 7 heteroatoms. The molecule has 1 spiro atoms. The van der Waals surface area contributed by atoms with Crippen molar-refractivity contribution < 1.29 is 14.3 Å². The molecular formula is C19H20N4O3. The Kier molecular flexibility index (Phi) is 3.93. The summed E-state index contributed by atoms with van der Waals surface area (Å²) >= 11 is 0. The highest BCUT2D eigenvalue weighted by Crippen LogP contribution is 2.40. The Balaban J connectivity index is 1.77. The maximum Gasteiger partial charge on any atom is 0.190 e. The number of aromatic nitrogens is 2. The van der Waals surface area contributed by atoms with E-state index in [0.717, 1.165) is 37.3 Å². The molecule has 1 aromatic heterocycles. The highest BCUT2D eigenvalue weighted by molar-refractivity contribution is 5.99. The number of nitriles is 1. The third-order valence-corrected chi connectivity index (χ3v) is 5.19. The number of piperidine rings is 1. The van der Waals surface area contributed by atoms with Crippen LogP contribution in [0.25, 0.3) is 5.69 Å². The van der Waals surface area contributed by atoms with Crippen LogP contribution in [-0.4, -0.2) is 41.4 Å². The number of hydrogen-bond acceptors (Lipinski definition) is 6. The Hall–Kier alpha value is -2.85. The molecule has 0 bridgehead atoms. The number of nitrogens with zero attached hydrogens (tertiary/aromatic N) is 3. The van der Waals surface area contributed by atoms with Crippen molar-refractivity contribution in [2.24, 2.45) is 0 Å². The molecule has 3 heterocycles. The highest BCUT2D eigenvalue weighted by Gasteiger charge is 2.44. The fourth-order valence-corrected chi connectivity index (χ4v) is 3.74. The van der Waals surface area contributed by atoms with Crippen LogP contribution < -0.4 is 14.8 Å². The zero-order chi connectivity index (χ0) is 18.3. The smallest absolute Gasteiger partial charge is 0.190 e. The summed E-state index contributed by atoms with van der Waals surface area (Å²) in [6.45, 7) is 3.59. The van der Waals surface area contributed by atoms with Crippen LogP contribution >= 0.6 is 0 Å². The van der Waals surface area contributed by atoms with Crippen LogP contribution in [-0.2, 0) is 0 Å². The lowest BCUT2D eigenvalue weighted by molar-refractivity contribution is 0.0180. The number of nitrogens with one attached hydrogen (secondary N) is 1. The topological polar surface area (TPSA) is 89.2 Å². The van der Waals surface area contributed by atoms with Gasteiger partial charge in [0.05, 0.1) is 30.5 Å². The molecule has 1 fully saturated rings. The average Bonchev–Trinajstić information content (AvgIpc) is 2.99. The number of ether oxygens (including phenoxy) is 2. The molecule has 26 heavy (non-hydrogen) atoms. The number of ketones is 1. The summed E-state index contributed by atoms with van der Waals surface area (Å²) in [6.07, 6.45) is 2.00. The van der Waals surface area contributed by atoms with E-state index in [1.807, 2.05) is 6.92 Å². The predicted octanol–water partition coefficient (Wildman–Crippen LogP) is 2.15. The minimum atomic E-state index is -0.420. The highest BCUT2D eigenvalue weighted by atomic mass is 16.5. The van der Waals surface area contributed by atoms with Crippen molar-refractivity contribution in [3.8, 4) is 23.3 Å². The van der Waals surface area contributed by atoms with Gasteiger partial charge in [-0.15, -0.1) is 0 Å². The molecule has 0 saturated carbocycles. The van der Waals surface area contributed by atoms with Crippen molar-refractivity contribution >= 4 is 5.78 Å². The number of hydrogen-bond donors (Lipinski definition) is 1. The minimum absolute atomic E-state index is 0.0237. The summed E-state index contributed by atoms with van der Waals surface area (Å²) < 4.78 is 13.3. The Morgan fingerprint density at radius 3 is 2.85 bits per heavy atom. The van der Waals surface area contributed by atoms with E-state index >= 15 is 0 Å². The summed E-state index contributed by atoms with van der Waals surface area (Å²) in [5.41, 5.74) is 1.92. The van der Waals surface area contributed by atoms with E-state index in [1.165, 1.54) is 7.11 Å². The molecule has 0 amide bonds. The van der Waals surface area contributed by atoms with Crippen LogP contribution in [0.1, 0.15) is 41.0 Å². The number of fused-ring (bicyclic) bond motifs is 1. The first-order chi connectivity index (χ1) is 12.6. The lowest BCUT2D eigenvalue weighted by Crippen LogP contribution is -2.49. The Morgan fingerprint density at radius 1 is 1.38 bits per heavy atom. The zero-order valence-corrected chi connectivity index (χ0v) is 14.8. The van der Waals surface area contributed by atoms with Crippen molar-refractivity contribution in [2.75, 3.05) is 20.2 Å². The van der Waals surface area contributed by atoms with Gasteiger partial charge in [-0.3, -0.25) is 4.79 Å². The number of rotatable bonds is 2. The van der Waals surface area contributed by atoms with Crippen LogP contribution in [0.5, 0.6) is 11.5 Å². The molecular weight excluding hydrogens is 332 g/mol. The first-order valence-electron chi connectivity index (χ1n) is 8.68. The molecule has 2 aliphatic rings. The summed E-state index contributed by atoms with van der Waals surface area (Å²) in [7, 11) is 1.52. The van der Waals surface area contributed by atoms with Crippen molar-refractivity contribution in [3.05, 3.63) is 35.2 Å². The van der Waals surface area contributed by atoms with Gasteiger partial charge in [-0.25, -0.2) is 4.68 Å². The summed E-state index contributed by atoms with van der Waals surface area (Å²) in [6, 6.07) is 7.31. The van der Waals surface area contributed by atoms with E-state index in [-0.39, 0.29) is 5.78 Å². The van der Waals surface area contributed by atoms with Crippen LogP contribution in [0.2, 0.25) is 0 Å². The van der Waals surface area contributed by atoms with Crippen LogP contribution in [0.3, 0.4) is 0 Å². The molecule has 1 saturated heterocycles. The lowest BCUT2D eigenvalue weighted by atomic mass is 9.84. The van der Waals surface area contributed by atoms with E-state index < -0.39 is 5.60 Å². The summed E-state index contributed by atoms with van der Waals surface area (Å²) in [5, 5.41) is 17.0.